The first kappa shape index (κ1) is 52.5. The number of aliphatic hydroxyl groups excluding tert-OH is 1. The minimum Gasteiger partial charge on any atom is -0.681 e. The topological polar surface area (TPSA) is 146 Å². The zero-order chi connectivity index (χ0) is 47.1. The van der Waals surface area contributed by atoms with E-state index in [1.165, 1.54) is 57.6 Å². The minimum absolute atomic E-state index is 0. The summed E-state index contributed by atoms with van der Waals surface area (Å²) in [4.78, 5) is 56.5. The molecule has 0 amide bonds. The molecule has 1 aliphatic carbocycles. The van der Waals surface area contributed by atoms with Crippen LogP contribution in [0.1, 0.15) is 169 Å². The molecule has 3 aromatic rings. The molecular weight excluding hydrogens is 837 g/mol. The van der Waals surface area contributed by atoms with Crippen molar-refractivity contribution in [3.63, 3.8) is 0 Å². The summed E-state index contributed by atoms with van der Waals surface area (Å²) in [5.41, 5.74) is 7.98. The van der Waals surface area contributed by atoms with Gasteiger partial charge in [0.25, 0.3) is 0 Å². The van der Waals surface area contributed by atoms with E-state index in [-0.39, 0.29) is 59.7 Å². The van der Waals surface area contributed by atoms with Gasteiger partial charge < -0.3 is 34.8 Å². The van der Waals surface area contributed by atoms with Gasteiger partial charge in [0.05, 0.1) is 13.4 Å². The first-order valence-corrected chi connectivity index (χ1v) is 24.2. The average Bonchev–Trinajstić information content (AvgIpc) is 4.02. The second-order valence-electron chi connectivity index (χ2n) is 19.5. The molecule has 5 heterocycles. The Bertz CT molecular complexity index is 2570. The van der Waals surface area contributed by atoms with Crippen molar-refractivity contribution in [3.8, 4) is 0 Å². The fraction of sp³-hybridized carbons (Fsp3) is 0.545. The first-order chi connectivity index (χ1) is 31.1. The van der Waals surface area contributed by atoms with Gasteiger partial charge in [-0.15, -0.1) is 33.1 Å². The number of fused-ring (bicyclic) bond motifs is 8. The van der Waals surface area contributed by atoms with Gasteiger partial charge in [-0.2, -0.15) is 5.70 Å². The Morgan fingerprint density at radius 1 is 0.879 bits per heavy atom. The summed E-state index contributed by atoms with van der Waals surface area (Å²) in [6.45, 7) is 23.7. The number of nitrogens with zero attached hydrogens (tertiary/aromatic N) is 4. The molecule has 6 rings (SSSR count). The number of aliphatic hydroxyl groups is 1. The first-order valence-electron chi connectivity index (χ1n) is 24.2. The fourth-order valence-electron chi connectivity index (χ4n) is 10.3. The van der Waals surface area contributed by atoms with Crippen molar-refractivity contribution in [2.45, 2.75) is 145 Å². The predicted octanol–water partition coefficient (Wildman–Crippen LogP) is 8.16. The molecule has 1 N–H and O–H groups in total. The molecule has 0 spiro atoms. The molecule has 2 aliphatic heterocycles. The molecule has 352 valence electrons. The molecule has 3 aromatic heterocycles. The number of methoxy groups -OCH3 is 1. The second kappa shape index (κ2) is 23.5. The number of allylic oxidation sites excluding steroid dienone is 2. The molecule has 3 aliphatic rings. The normalized spacial score (nSPS) is 21.8. The quantitative estimate of drug-likeness (QED) is 0.0514. The molecule has 66 heavy (non-hydrogen) atoms. The van der Waals surface area contributed by atoms with Gasteiger partial charge in [-0.1, -0.05) is 151 Å². The van der Waals surface area contributed by atoms with E-state index in [9.17, 15) is 19.5 Å². The van der Waals surface area contributed by atoms with Crippen molar-refractivity contribution in [1.29, 1.82) is 0 Å². The monoisotopic (exact) mass is 909 g/mol. The fourth-order valence-corrected chi connectivity index (χ4v) is 10.3. The van der Waals surface area contributed by atoms with Gasteiger partial charge in [-0.3, -0.25) is 14.4 Å². The van der Waals surface area contributed by atoms with Crippen molar-refractivity contribution < 1.29 is 29.0 Å². The molecule has 1 fully saturated rings. The van der Waals surface area contributed by atoms with Crippen LogP contribution in [-0.4, -0.2) is 65.6 Å². The van der Waals surface area contributed by atoms with Gasteiger partial charge in [-0.25, -0.2) is 0 Å². The summed E-state index contributed by atoms with van der Waals surface area (Å²) in [5.74, 6) is -0.717. The molecule has 6 atom stereocenters. The van der Waals surface area contributed by atoms with Crippen LogP contribution in [0.15, 0.2) is 23.9 Å². The zero-order valence-electron chi connectivity index (χ0n) is 41.4. The van der Waals surface area contributed by atoms with Gasteiger partial charge >= 0.3 is 35.0 Å². The maximum atomic E-state index is 14.4. The summed E-state index contributed by atoms with van der Waals surface area (Å²) >= 11 is 0. The molecule has 0 aromatic carbocycles. The predicted molar refractivity (Wildman–Crippen MR) is 266 cm³/mol. The van der Waals surface area contributed by atoms with E-state index in [4.69, 9.17) is 29.7 Å². The largest absolute Gasteiger partial charge is 2.00 e. The molecule has 10 nitrogen and oxygen atoms in total. The van der Waals surface area contributed by atoms with Crippen LogP contribution >= 0.6 is 0 Å². The van der Waals surface area contributed by atoms with Crippen LogP contribution in [0.2, 0.25) is 0 Å². The molecule has 0 saturated carbocycles. The van der Waals surface area contributed by atoms with E-state index in [0.717, 1.165) is 53.3 Å². The van der Waals surface area contributed by atoms with Crippen LogP contribution in [0.5, 0.6) is 0 Å². The smallest absolute Gasteiger partial charge is 0.681 e. The van der Waals surface area contributed by atoms with Crippen LogP contribution in [0, 0.1) is 49.4 Å². The van der Waals surface area contributed by atoms with Crippen molar-refractivity contribution in [1.82, 2.24) is 15.0 Å². The van der Waals surface area contributed by atoms with Gasteiger partial charge in [0.2, 0.25) is 0 Å². The number of hydrogen-bond acceptors (Lipinski definition) is 6. The third kappa shape index (κ3) is 11.6. The van der Waals surface area contributed by atoms with E-state index in [0.29, 0.717) is 73.8 Å². The molecule has 11 heteroatoms. The zero-order valence-corrected chi connectivity index (χ0v) is 42.8. The van der Waals surface area contributed by atoms with Crippen molar-refractivity contribution in [2.75, 3.05) is 13.7 Å². The van der Waals surface area contributed by atoms with Gasteiger partial charge in [0.15, 0.2) is 5.78 Å². The van der Waals surface area contributed by atoms with E-state index in [1.807, 2.05) is 45.1 Å². The summed E-state index contributed by atoms with van der Waals surface area (Å²) in [5, 5.41) is 17.9. The van der Waals surface area contributed by atoms with Crippen LogP contribution in [0.4, 0.5) is 0 Å². The minimum atomic E-state index is -1.22. The van der Waals surface area contributed by atoms with E-state index >= 15 is 0 Å². The number of ether oxygens (including phenoxy) is 2. The van der Waals surface area contributed by atoms with E-state index < -0.39 is 17.9 Å². The number of ketones is 1. The summed E-state index contributed by atoms with van der Waals surface area (Å²) in [7, 11) is 1.28. The Balaban J connectivity index is 0.00000817. The van der Waals surface area contributed by atoms with Crippen molar-refractivity contribution >= 4 is 76.9 Å². The number of carbonyl (C=O) groups is 3. The Morgan fingerprint density at radius 3 is 2.18 bits per heavy atom. The third-order valence-corrected chi connectivity index (χ3v) is 14.4. The molecule has 8 bridgehead atoms. The summed E-state index contributed by atoms with van der Waals surface area (Å²) < 4.78 is 11.0. The van der Waals surface area contributed by atoms with Crippen molar-refractivity contribution in [2.24, 2.45) is 35.5 Å². The maximum Gasteiger partial charge on any atom is 2.00 e. The standard InChI is InChI=1S/C55H72N4O6.Mg/c1-12-38-35(8)42-27-43-36(9)40(23-24-48(61)65-26-25-34(7)22-16-21-33(6)20-15-19-32(5)18-14-17-31(3)4)52(58-43)50-51(55(63)64-11)54(62)49-37(10)44(59-53(49)50)28-46-39(13-2)41(30-60)47(57-46)29-45(38)56-42;/h12,25,27-33,36,40,51-52H,1,13-24,26H2,2-11H3,(H,60,62);/q-4;+2/b34-25+,43-27-,47-29-;/t32-,33-,36+,40+,51-,52?;/m1./s1. The van der Waals surface area contributed by atoms with Crippen molar-refractivity contribution in [3.05, 3.63) is 95.4 Å². The Morgan fingerprint density at radius 2 is 1.55 bits per heavy atom. The van der Waals surface area contributed by atoms with Gasteiger partial charge in [0, 0.05) is 12.0 Å². The number of carbonyl (C=O) groups excluding carboxylic acids is 3. The maximum absolute atomic E-state index is 14.4. The summed E-state index contributed by atoms with van der Waals surface area (Å²) in [6, 6.07) is -0.651. The molecular formula is C55H72MgN4O6-2. The number of esters is 2. The number of aromatic nitrogens is 3. The van der Waals surface area contributed by atoms with E-state index in [1.54, 1.807) is 6.08 Å². The Hall–Kier alpha value is -4.48. The third-order valence-electron chi connectivity index (χ3n) is 14.4. The van der Waals surface area contributed by atoms with Crippen LogP contribution in [0.3, 0.4) is 0 Å². The van der Waals surface area contributed by atoms with Gasteiger partial charge in [-0.05, 0) is 92.9 Å². The van der Waals surface area contributed by atoms with Crippen LogP contribution in [0.25, 0.3) is 41.5 Å². The van der Waals surface area contributed by atoms with Crippen LogP contribution < -0.4 is 36.2 Å². The van der Waals surface area contributed by atoms with E-state index in [2.05, 4.69) is 48.1 Å². The number of Topliss-reactive ketones (excluding diaryl/α,β-unsaturated/α-hetero) is 1. The summed E-state index contributed by atoms with van der Waals surface area (Å²) in [6.07, 6.45) is 22.9. The second-order valence-corrected chi connectivity index (χ2v) is 19.5. The number of rotatable bonds is 20. The molecule has 1 unspecified atom stereocenters. The average molecular weight is 910 g/mol. The van der Waals surface area contributed by atoms with Crippen LogP contribution in [-0.2, 0) is 25.5 Å². The Kier molecular flexibility index (Phi) is 18.7. The SMILES string of the molecule is C=Cc1c2[n-]c(c1C)/C=C1\[N-]C(C3=c4[n-]/c(c(C)c4C(=O)[C@@H]3C(=O)OC)=C\c3[n-]c(/c(=C/O)c3CC)=C\2)[C@@H](CCC(=O)OC/C=C(\C)CCC[C@H](C)CCC[C@H](C)CCCC(C)C)[C@@H]1C.[Mg+2]. The number of hydrogen-bond donors (Lipinski definition) is 1. The molecule has 0 radical (unpaired) electrons. The Labute approximate surface area is 408 Å². The van der Waals surface area contributed by atoms with Gasteiger partial charge in [0.1, 0.15) is 12.5 Å². The molecule has 1 saturated heterocycles.